The molecule has 0 unspecified atom stereocenters. The van der Waals surface area contributed by atoms with Gasteiger partial charge in [0.25, 0.3) is 0 Å². The predicted molar refractivity (Wildman–Crippen MR) is 70.8 cm³/mol. The molecule has 0 N–H and O–H groups in total. The van der Waals surface area contributed by atoms with E-state index in [-0.39, 0.29) is 18.8 Å². The molecule has 1 saturated carbocycles. The molecule has 0 spiro atoms. The Labute approximate surface area is 115 Å². The van der Waals surface area contributed by atoms with E-state index in [0.717, 1.165) is 17.1 Å². The topological polar surface area (TPSA) is 51.6 Å². The first-order valence-corrected chi connectivity index (χ1v) is 6.80. The lowest BCUT2D eigenvalue weighted by atomic mass is 9.84. The van der Waals surface area contributed by atoms with Crippen LogP contribution >= 0.6 is 0 Å². The SMILES string of the molecule is Cc1nc2ncnc(C3CCC(F)(F)CC3)c2nc1C. The summed E-state index contributed by atoms with van der Waals surface area (Å²) in [5.41, 5.74) is 3.63. The largest absolute Gasteiger partial charge is 0.248 e. The average Bonchev–Trinajstić information content (AvgIpc) is 2.40. The number of alkyl halides is 2. The van der Waals surface area contributed by atoms with Crippen molar-refractivity contribution in [3.05, 3.63) is 23.4 Å². The summed E-state index contributed by atoms with van der Waals surface area (Å²) in [4.78, 5) is 17.3. The number of halogens is 2. The number of rotatable bonds is 1. The molecule has 0 aliphatic heterocycles. The molecule has 2 aromatic rings. The zero-order chi connectivity index (χ0) is 14.3. The average molecular weight is 278 g/mol. The smallest absolute Gasteiger partial charge is 0.246 e. The molecule has 0 amide bonds. The molecular formula is C14H16F2N4. The van der Waals surface area contributed by atoms with Gasteiger partial charge >= 0.3 is 0 Å². The molecule has 1 aliphatic rings. The minimum absolute atomic E-state index is 0.0246. The van der Waals surface area contributed by atoms with Crippen molar-refractivity contribution in [2.45, 2.75) is 51.4 Å². The Kier molecular flexibility index (Phi) is 3.11. The van der Waals surface area contributed by atoms with E-state index in [1.807, 2.05) is 13.8 Å². The zero-order valence-electron chi connectivity index (χ0n) is 11.5. The second-order valence-corrected chi connectivity index (χ2v) is 5.46. The van der Waals surface area contributed by atoms with E-state index < -0.39 is 5.92 Å². The number of hydrogen-bond acceptors (Lipinski definition) is 4. The van der Waals surface area contributed by atoms with Gasteiger partial charge < -0.3 is 0 Å². The summed E-state index contributed by atoms with van der Waals surface area (Å²) in [7, 11) is 0. The van der Waals surface area contributed by atoms with Gasteiger partial charge in [-0.2, -0.15) is 0 Å². The second kappa shape index (κ2) is 4.68. The van der Waals surface area contributed by atoms with Crippen LogP contribution in [0.25, 0.3) is 11.2 Å². The van der Waals surface area contributed by atoms with Gasteiger partial charge in [-0.1, -0.05) is 0 Å². The third-order valence-corrected chi connectivity index (χ3v) is 4.01. The van der Waals surface area contributed by atoms with E-state index in [2.05, 4.69) is 19.9 Å². The van der Waals surface area contributed by atoms with Gasteiger partial charge in [0.2, 0.25) is 5.92 Å². The van der Waals surface area contributed by atoms with E-state index in [1.54, 1.807) is 0 Å². The lowest BCUT2D eigenvalue weighted by Crippen LogP contribution is -2.24. The third-order valence-electron chi connectivity index (χ3n) is 4.01. The Balaban J connectivity index is 2.02. The van der Waals surface area contributed by atoms with Gasteiger partial charge in [0.05, 0.1) is 17.1 Å². The van der Waals surface area contributed by atoms with Crippen LogP contribution in [0.15, 0.2) is 6.33 Å². The molecule has 2 aromatic heterocycles. The lowest BCUT2D eigenvalue weighted by molar-refractivity contribution is -0.0384. The fourth-order valence-electron chi connectivity index (χ4n) is 2.67. The van der Waals surface area contributed by atoms with E-state index >= 15 is 0 Å². The van der Waals surface area contributed by atoms with Crippen molar-refractivity contribution in [3.63, 3.8) is 0 Å². The fraction of sp³-hybridized carbons (Fsp3) is 0.571. The molecule has 0 bridgehead atoms. The summed E-state index contributed by atoms with van der Waals surface area (Å²) in [6.07, 6.45) is 2.16. The molecule has 0 radical (unpaired) electrons. The minimum Gasteiger partial charge on any atom is -0.246 e. The standard InChI is InChI=1S/C14H16F2N4/c1-8-9(2)20-13-12(19-8)11(17-7-18-13)10-3-5-14(15,16)6-4-10/h7,10H,3-6H2,1-2H3. The van der Waals surface area contributed by atoms with Crippen molar-refractivity contribution < 1.29 is 8.78 Å². The summed E-state index contributed by atoms with van der Waals surface area (Å²) in [6.45, 7) is 3.76. The molecule has 2 heterocycles. The van der Waals surface area contributed by atoms with Crippen molar-refractivity contribution >= 4 is 11.2 Å². The molecule has 3 rings (SSSR count). The molecule has 0 aromatic carbocycles. The van der Waals surface area contributed by atoms with Crippen molar-refractivity contribution in [1.29, 1.82) is 0 Å². The van der Waals surface area contributed by atoms with Crippen LogP contribution in [0.5, 0.6) is 0 Å². The molecular weight excluding hydrogens is 262 g/mol. The van der Waals surface area contributed by atoms with E-state index in [0.29, 0.717) is 24.0 Å². The monoisotopic (exact) mass is 278 g/mol. The zero-order valence-corrected chi connectivity index (χ0v) is 11.5. The highest BCUT2D eigenvalue weighted by atomic mass is 19.3. The van der Waals surface area contributed by atoms with Crippen molar-refractivity contribution in [2.75, 3.05) is 0 Å². The number of fused-ring (bicyclic) bond motifs is 1. The minimum atomic E-state index is -2.53. The highest BCUT2D eigenvalue weighted by molar-refractivity contribution is 5.73. The first-order valence-electron chi connectivity index (χ1n) is 6.80. The van der Waals surface area contributed by atoms with Gasteiger partial charge in [-0.25, -0.2) is 28.7 Å². The van der Waals surface area contributed by atoms with E-state index in [1.165, 1.54) is 6.33 Å². The van der Waals surface area contributed by atoms with Gasteiger partial charge in [0.15, 0.2) is 5.65 Å². The number of hydrogen-bond donors (Lipinski definition) is 0. The molecule has 106 valence electrons. The van der Waals surface area contributed by atoms with Crippen molar-refractivity contribution in [1.82, 2.24) is 19.9 Å². The summed E-state index contributed by atoms with van der Waals surface area (Å²) in [6, 6.07) is 0. The molecule has 1 fully saturated rings. The fourth-order valence-corrected chi connectivity index (χ4v) is 2.67. The van der Waals surface area contributed by atoms with Gasteiger partial charge in [-0.05, 0) is 26.7 Å². The van der Waals surface area contributed by atoms with Crippen molar-refractivity contribution in [3.8, 4) is 0 Å². The molecule has 20 heavy (non-hydrogen) atoms. The molecule has 0 atom stereocenters. The van der Waals surface area contributed by atoms with Crippen LogP contribution in [0.1, 0.15) is 48.7 Å². The van der Waals surface area contributed by atoms with Crippen LogP contribution in [0.4, 0.5) is 8.78 Å². The van der Waals surface area contributed by atoms with E-state index in [9.17, 15) is 8.78 Å². The van der Waals surface area contributed by atoms with Gasteiger partial charge in [-0.3, -0.25) is 0 Å². The Morgan fingerprint density at radius 3 is 2.40 bits per heavy atom. The predicted octanol–water partition coefficient (Wildman–Crippen LogP) is 3.33. The summed E-state index contributed by atoms with van der Waals surface area (Å²) in [5.74, 6) is -2.51. The van der Waals surface area contributed by atoms with Crippen LogP contribution in [0.2, 0.25) is 0 Å². The normalized spacial score (nSPS) is 19.4. The lowest BCUT2D eigenvalue weighted by Gasteiger charge is -2.28. The van der Waals surface area contributed by atoms with Gasteiger partial charge in [0.1, 0.15) is 11.8 Å². The Hall–Kier alpha value is -1.72. The quantitative estimate of drug-likeness (QED) is 0.803. The maximum Gasteiger partial charge on any atom is 0.248 e. The van der Waals surface area contributed by atoms with Crippen LogP contribution in [-0.4, -0.2) is 25.9 Å². The second-order valence-electron chi connectivity index (χ2n) is 5.46. The Morgan fingerprint density at radius 2 is 1.70 bits per heavy atom. The maximum absolute atomic E-state index is 13.3. The summed E-state index contributed by atoms with van der Waals surface area (Å²) >= 11 is 0. The highest BCUT2D eigenvalue weighted by Crippen LogP contribution is 2.41. The summed E-state index contributed by atoms with van der Waals surface area (Å²) in [5, 5.41) is 0. The molecule has 6 heteroatoms. The van der Waals surface area contributed by atoms with E-state index in [4.69, 9.17) is 0 Å². The highest BCUT2D eigenvalue weighted by Gasteiger charge is 2.36. The van der Waals surface area contributed by atoms with Gasteiger partial charge in [0, 0.05) is 18.8 Å². The molecule has 4 nitrogen and oxygen atoms in total. The molecule has 0 saturated heterocycles. The number of aromatic nitrogens is 4. The Morgan fingerprint density at radius 1 is 1.05 bits per heavy atom. The van der Waals surface area contributed by atoms with Crippen LogP contribution in [-0.2, 0) is 0 Å². The number of nitrogens with zero attached hydrogens (tertiary/aromatic N) is 4. The number of aryl methyl sites for hydroxylation is 2. The van der Waals surface area contributed by atoms with Crippen LogP contribution in [0.3, 0.4) is 0 Å². The first kappa shape index (κ1) is 13.3. The van der Waals surface area contributed by atoms with Crippen molar-refractivity contribution in [2.24, 2.45) is 0 Å². The summed E-state index contributed by atoms with van der Waals surface area (Å²) < 4.78 is 26.5. The Bertz CT molecular complexity index is 647. The van der Waals surface area contributed by atoms with Gasteiger partial charge in [-0.15, -0.1) is 0 Å². The van der Waals surface area contributed by atoms with Crippen LogP contribution in [0, 0.1) is 13.8 Å². The van der Waals surface area contributed by atoms with Crippen LogP contribution < -0.4 is 0 Å². The third kappa shape index (κ3) is 2.34. The molecule has 1 aliphatic carbocycles. The maximum atomic E-state index is 13.3. The first-order chi connectivity index (χ1) is 9.46.